The summed E-state index contributed by atoms with van der Waals surface area (Å²) in [6, 6.07) is 11.1. The van der Waals surface area contributed by atoms with Crippen molar-refractivity contribution in [3.8, 4) is 17.2 Å². The molecule has 0 saturated heterocycles. The molecular formula is C20H23ClN2O4. The van der Waals surface area contributed by atoms with Gasteiger partial charge in [-0.15, -0.1) is 0 Å². The fourth-order valence-corrected chi connectivity index (χ4v) is 3.08. The molecule has 7 heteroatoms. The third kappa shape index (κ3) is 4.84. The number of aryl methyl sites for hydroxylation is 1. The van der Waals surface area contributed by atoms with Gasteiger partial charge in [-0.1, -0.05) is 23.7 Å². The molecule has 6 nitrogen and oxygen atoms in total. The average molecular weight is 391 g/mol. The number of rotatable bonds is 6. The molecule has 3 rings (SSSR count). The van der Waals surface area contributed by atoms with Crippen molar-refractivity contribution in [2.24, 2.45) is 0 Å². The summed E-state index contributed by atoms with van der Waals surface area (Å²) in [6.07, 6.45) is -0.134. The van der Waals surface area contributed by atoms with E-state index in [0.717, 1.165) is 17.1 Å². The van der Waals surface area contributed by atoms with E-state index in [2.05, 4.69) is 5.32 Å². The Labute approximate surface area is 164 Å². The molecule has 1 heterocycles. The predicted molar refractivity (Wildman–Crippen MR) is 105 cm³/mol. The highest BCUT2D eigenvalue weighted by molar-refractivity contribution is 6.31. The Morgan fingerprint density at radius 2 is 2.07 bits per heavy atom. The van der Waals surface area contributed by atoms with Crippen molar-refractivity contribution >= 4 is 23.2 Å². The first-order valence-corrected chi connectivity index (χ1v) is 9.05. The molecule has 0 unspecified atom stereocenters. The molecule has 0 bridgehead atoms. The fourth-order valence-electron chi connectivity index (χ4n) is 2.93. The number of ether oxygens (including phenoxy) is 3. The van der Waals surface area contributed by atoms with E-state index in [-0.39, 0.29) is 18.6 Å². The Bertz CT molecular complexity index is 828. The van der Waals surface area contributed by atoms with Gasteiger partial charge in [0.1, 0.15) is 18.5 Å². The number of fused-ring (bicyclic) bond motifs is 1. The number of nitrogens with one attached hydrogen (secondary N) is 1. The molecular weight excluding hydrogens is 368 g/mol. The largest absolute Gasteiger partial charge is 0.495 e. The summed E-state index contributed by atoms with van der Waals surface area (Å²) < 4.78 is 16.9. The Morgan fingerprint density at radius 3 is 2.81 bits per heavy atom. The van der Waals surface area contributed by atoms with Crippen LogP contribution in [0, 0.1) is 6.92 Å². The van der Waals surface area contributed by atoms with Crippen molar-refractivity contribution in [3.63, 3.8) is 0 Å². The third-order valence-electron chi connectivity index (χ3n) is 4.25. The molecule has 1 aliphatic heterocycles. The molecule has 1 atom stereocenters. The normalized spacial score (nSPS) is 15.5. The van der Waals surface area contributed by atoms with Gasteiger partial charge in [0.15, 0.2) is 11.5 Å². The van der Waals surface area contributed by atoms with Crippen molar-refractivity contribution in [1.29, 1.82) is 0 Å². The van der Waals surface area contributed by atoms with Gasteiger partial charge in [-0.25, -0.2) is 0 Å². The van der Waals surface area contributed by atoms with Crippen molar-refractivity contribution in [2.45, 2.75) is 13.0 Å². The van der Waals surface area contributed by atoms with E-state index < -0.39 is 0 Å². The van der Waals surface area contributed by atoms with Gasteiger partial charge in [-0.05, 0) is 37.7 Å². The lowest BCUT2D eigenvalue weighted by atomic mass is 10.2. The number of likely N-dealkylation sites (N-methyl/N-ethyl adjacent to an activating group) is 1. The first-order valence-electron chi connectivity index (χ1n) is 8.67. The maximum Gasteiger partial charge on any atom is 0.238 e. The summed E-state index contributed by atoms with van der Waals surface area (Å²) in [4.78, 5) is 14.3. The van der Waals surface area contributed by atoms with Gasteiger partial charge in [-0.3, -0.25) is 9.69 Å². The number of methoxy groups -OCH3 is 1. The van der Waals surface area contributed by atoms with Gasteiger partial charge in [0.25, 0.3) is 0 Å². The van der Waals surface area contributed by atoms with Crippen LogP contribution in [0.4, 0.5) is 5.69 Å². The Kier molecular flexibility index (Phi) is 6.08. The molecule has 2 aromatic rings. The zero-order chi connectivity index (χ0) is 19.4. The molecule has 0 radical (unpaired) electrons. The maximum absolute atomic E-state index is 12.4. The molecule has 1 amide bonds. The van der Waals surface area contributed by atoms with E-state index in [4.69, 9.17) is 25.8 Å². The minimum Gasteiger partial charge on any atom is -0.495 e. The number of anilines is 1. The summed E-state index contributed by atoms with van der Waals surface area (Å²) in [6.45, 7) is 3.11. The molecule has 0 aromatic heterocycles. The van der Waals surface area contributed by atoms with E-state index in [0.29, 0.717) is 29.6 Å². The maximum atomic E-state index is 12.4. The first-order chi connectivity index (χ1) is 13.0. The van der Waals surface area contributed by atoms with Crippen molar-refractivity contribution in [3.05, 3.63) is 47.0 Å². The number of nitrogens with zero attached hydrogens (tertiary/aromatic N) is 1. The molecule has 1 N–H and O–H groups in total. The Hall–Kier alpha value is -2.44. The number of para-hydroxylation sites is 2. The van der Waals surface area contributed by atoms with Gasteiger partial charge in [-0.2, -0.15) is 0 Å². The first kappa shape index (κ1) is 19.3. The lowest BCUT2D eigenvalue weighted by Crippen LogP contribution is -2.42. The third-order valence-corrected chi connectivity index (χ3v) is 4.66. The molecule has 0 fully saturated rings. The standard InChI is InChI=1S/C20H23ClN2O4/c1-13-8-16(19(25-3)9-15(13)21)22-20(24)11-23(2)10-14-12-26-17-6-4-5-7-18(17)27-14/h4-9,14H,10-12H2,1-3H3,(H,22,24)/t14-/m1/s1. The zero-order valence-corrected chi connectivity index (χ0v) is 16.4. The van der Waals surface area contributed by atoms with Crippen LogP contribution in [0.2, 0.25) is 5.02 Å². The Morgan fingerprint density at radius 1 is 1.33 bits per heavy atom. The summed E-state index contributed by atoms with van der Waals surface area (Å²) >= 11 is 6.10. The van der Waals surface area contributed by atoms with Crippen LogP contribution >= 0.6 is 11.6 Å². The lowest BCUT2D eigenvalue weighted by Gasteiger charge is -2.29. The second-order valence-corrected chi connectivity index (χ2v) is 6.95. The van der Waals surface area contributed by atoms with Crippen molar-refractivity contribution in [2.75, 3.05) is 39.2 Å². The van der Waals surface area contributed by atoms with Crippen LogP contribution in [-0.2, 0) is 4.79 Å². The molecule has 0 spiro atoms. The highest BCUT2D eigenvalue weighted by Crippen LogP contribution is 2.32. The highest BCUT2D eigenvalue weighted by atomic mass is 35.5. The van der Waals surface area contributed by atoms with Crippen LogP contribution in [0.25, 0.3) is 0 Å². The van der Waals surface area contributed by atoms with Crippen LogP contribution in [0.15, 0.2) is 36.4 Å². The number of amides is 1. The van der Waals surface area contributed by atoms with Gasteiger partial charge >= 0.3 is 0 Å². The minimum absolute atomic E-state index is 0.134. The number of hydrogen-bond acceptors (Lipinski definition) is 5. The number of carbonyl (C=O) groups is 1. The van der Waals surface area contributed by atoms with Gasteiger partial charge in [0.2, 0.25) is 5.91 Å². The van der Waals surface area contributed by atoms with Crippen LogP contribution < -0.4 is 19.5 Å². The summed E-state index contributed by atoms with van der Waals surface area (Å²) in [5.74, 6) is 1.87. The Balaban J connectivity index is 1.55. The molecule has 1 aliphatic rings. The lowest BCUT2D eigenvalue weighted by molar-refractivity contribution is -0.117. The SMILES string of the molecule is COc1cc(Cl)c(C)cc1NC(=O)CN(C)C[C@@H]1COc2ccccc2O1. The van der Waals surface area contributed by atoms with Crippen LogP contribution in [-0.4, -0.2) is 50.8 Å². The van der Waals surface area contributed by atoms with Gasteiger partial charge in [0, 0.05) is 17.6 Å². The van der Waals surface area contributed by atoms with Crippen molar-refractivity contribution < 1.29 is 19.0 Å². The van der Waals surface area contributed by atoms with Crippen LogP contribution in [0.1, 0.15) is 5.56 Å². The molecule has 144 valence electrons. The van der Waals surface area contributed by atoms with Gasteiger partial charge in [0.05, 0.1) is 19.3 Å². The zero-order valence-electron chi connectivity index (χ0n) is 15.6. The number of benzene rings is 2. The number of halogens is 1. The van der Waals surface area contributed by atoms with E-state index in [1.165, 1.54) is 0 Å². The smallest absolute Gasteiger partial charge is 0.238 e. The second kappa shape index (κ2) is 8.50. The quantitative estimate of drug-likeness (QED) is 0.819. The highest BCUT2D eigenvalue weighted by Gasteiger charge is 2.22. The van der Waals surface area contributed by atoms with E-state index in [1.54, 1.807) is 19.2 Å². The summed E-state index contributed by atoms with van der Waals surface area (Å²) in [5.41, 5.74) is 1.47. The number of hydrogen-bond donors (Lipinski definition) is 1. The fraction of sp³-hybridized carbons (Fsp3) is 0.350. The molecule has 27 heavy (non-hydrogen) atoms. The van der Waals surface area contributed by atoms with Crippen LogP contribution in [0.5, 0.6) is 17.2 Å². The van der Waals surface area contributed by atoms with E-state index in [1.807, 2.05) is 43.1 Å². The molecule has 0 aliphatic carbocycles. The van der Waals surface area contributed by atoms with Gasteiger partial charge < -0.3 is 19.5 Å². The van der Waals surface area contributed by atoms with E-state index >= 15 is 0 Å². The minimum atomic E-state index is -0.144. The number of carbonyl (C=O) groups excluding carboxylic acids is 1. The van der Waals surface area contributed by atoms with E-state index in [9.17, 15) is 4.79 Å². The molecule has 2 aromatic carbocycles. The monoisotopic (exact) mass is 390 g/mol. The second-order valence-electron chi connectivity index (χ2n) is 6.54. The molecule has 0 saturated carbocycles. The summed E-state index contributed by atoms with van der Waals surface area (Å²) in [5, 5.41) is 3.47. The average Bonchev–Trinajstić information content (AvgIpc) is 2.64. The van der Waals surface area contributed by atoms with Crippen molar-refractivity contribution in [1.82, 2.24) is 4.90 Å². The summed E-state index contributed by atoms with van der Waals surface area (Å²) in [7, 11) is 3.41. The predicted octanol–water partition coefficient (Wildman–Crippen LogP) is 3.37. The topological polar surface area (TPSA) is 60.0 Å². The van der Waals surface area contributed by atoms with Crippen LogP contribution in [0.3, 0.4) is 0 Å².